The fraction of sp³-hybridized carbons (Fsp3) is 0.481. The molecule has 0 aliphatic rings. The van der Waals surface area contributed by atoms with Crippen LogP contribution in [0.25, 0.3) is 0 Å². The highest BCUT2D eigenvalue weighted by molar-refractivity contribution is 7.92. The van der Waals surface area contributed by atoms with E-state index in [-0.39, 0.29) is 24.8 Å². The van der Waals surface area contributed by atoms with E-state index in [4.69, 9.17) is 4.74 Å². The minimum atomic E-state index is -3.55. The number of nitrogens with one attached hydrogen (secondary N) is 1. The van der Waals surface area contributed by atoms with Crippen molar-refractivity contribution in [2.45, 2.75) is 53.1 Å². The molecule has 0 heterocycles. The molecule has 2 aromatic rings. The van der Waals surface area contributed by atoms with E-state index in [1.165, 1.54) is 4.31 Å². The second kappa shape index (κ2) is 13.9. The number of hydrogen-bond donors (Lipinski definition) is 1. The first-order valence-electron chi connectivity index (χ1n) is 12.3. The maximum Gasteiger partial charge on any atom is 0.242 e. The van der Waals surface area contributed by atoms with Crippen molar-refractivity contribution < 1.29 is 22.7 Å². The zero-order valence-electron chi connectivity index (χ0n) is 21.9. The van der Waals surface area contributed by atoms with E-state index in [1.54, 1.807) is 36.1 Å². The lowest BCUT2D eigenvalue weighted by Crippen LogP contribution is -2.48. The minimum absolute atomic E-state index is 0.109. The van der Waals surface area contributed by atoms with Gasteiger partial charge in [-0.25, -0.2) is 8.42 Å². The lowest BCUT2D eigenvalue weighted by atomic mass is 10.1. The monoisotopic (exact) mass is 517 g/mol. The average Bonchev–Trinajstić information content (AvgIpc) is 2.84. The van der Waals surface area contributed by atoms with E-state index in [1.807, 2.05) is 51.1 Å². The highest BCUT2D eigenvalue weighted by atomic mass is 32.2. The smallest absolute Gasteiger partial charge is 0.242 e. The number of anilines is 1. The van der Waals surface area contributed by atoms with Gasteiger partial charge in [0.05, 0.1) is 18.6 Å². The number of rotatable bonds is 14. The molecule has 8 nitrogen and oxygen atoms in total. The Bertz CT molecular complexity index is 1070. The predicted octanol–water partition coefficient (Wildman–Crippen LogP) is 3.82. The summed E-state index contributed by atoms with van der Waals surface area (Å²) in [4.78, 5) is 27.6. The van der Waals surface area contributed by atoms with Crippen molar-refractivity contribution in [1.29, 1.82) is 0 Å². The molecule has 1 atom stereocenters. The fourth-order valence-corrected chi connectivity index (χ4v) is 4.66. The van der Waals surface area contributed by atoms with Crippen LogP contribution in [0, 0.1) is 5.92 Å². The highest BCUT2D eigenvalue weighted by Gasteiger charge is 2.26. The second-order valence-electron chi connectivity index (χ2n) is 9.19. The summed E-state index contributed by atoms with van der Waals surface area (Å²) in [5.41, 5.74) is 1.43. The molecule has 2 aromatic carbocycles. The van der Waals surface area contributed by atoms with Crippen LogP contribution < -0.4 is 14.4 Å². The molecule has 1 N–H and O–H groups in total. The van der Waals surface area contributed by atoms with Crippen LogP contribution in [0.15, 0.2) is 54.6 Å². The van der Waals surface area contributed by atoms with Crippen LogP contribution in [0.3, 0.4) is 0 Å². The van der Waals surface area contributed by atoms with E-state index in [0.29, 0.717) is 43.5 Å². The van der Waals surface area contributed by atoms with Crippen LogP contribution in [0.1, 0.15) is 46.1 Å². The molecule has 9 heteroatoms. The van der Waals surface area contributed by atoms with E-state index < -0.39 is 16.1 Å². The quantitative estimate of drug-likeness (QED) is 0.411. The zero-order chi connectivity index (χ0) is 26.7. The molecular formula is C27H39N3O5S. The third kappa shape index (κ3) is 9.18. The molecule has 0 saturated carbocycles. The first-order valence-corrected chi connectivity index (χ1v) is 14.2. The van der Waals surface area contributed by atoms with Gasteiger partial charge in [0.25, 0.3) is 0 Å². The average molecular weight is 518 g/mol. The third-order valence-corrected chi connectivity index (χ3v) is 6.83. The molecule has 0 bridgehead atoms. The van der Waals surface area contributed by atoms with Gasteiger partial charge in [-0.15, -0.1) is 0 Å². The van der Waals surface area contributed by atoms with E-state index in [2.05, 4.69) is 5.32 Å². The molecule has 0 spiro atoms. The summed E-state index contributed by atoms with van der Waals surface area (Å²) in [6.45, 7) is 9.11. The Labute approximate surface area is 215 Å². The van der Waals surface area contributed by atoms with Crippen molar-refractivity contribution in [3.63, 3.8) is 0 Å². The first-order chi connectivity index (χ1) is 17.0. The molecule has 2 amide bonds. The van der Waals surface area contributed by atoms with Gasteiger partial charge in [0.1, 0.15) is 11.8 Å². The number of benzene rings is 2. The molecule has 198 valence electrons. The van der Waals surface area contributed by atoms with Crippen molar-refractivity contribution in [3.05, 3.63) is 60.2 Å². The fourth-order valence-electron chi connectivity index (χ4n) is 3.69. The maximum absolute atomic E-state index is 13.3. The molecule has 0 radical (unpaired) electrons. The molecular weight excluding hydrogens is 478 g/mol. The van der Waals surface area contributed by atoms with Crippen molar-refractivity contribution in [2.24, 2.45) is 5.92 Å². The summed E-state index contributed by atoms with van der Waals surface area (Å²) in [6, 6.07) is 15.7. The van der Waals surface area contributed by atoms with Crippen LogP contribution in [0.2, 0.25) is 0 Å². The van der Waals surface area contributed by atoms with Crippen molar-refractivity contribution in [1.82, 2.24) is 10.2 Å². The van der Waals surface area contributed by atoms with Crippen LogP contribution in [-0.4, -0.2) is 57.1 Å². The lowest BCUT2D eigenvalue weighted by Gasteiger charge is -2.29. The Morgan fingerprint density at radius 1 is 1.00 bits per heavy atom. The molecule has 0 saturated heterocycles. The van der Waals surface area contributed by atoms with Gasteiger partial charge in [-0.05, 0) is 56.0 Å². The van der Waals surface area contributed by atoms with Gasteiger partial charge in [-0.1, -0.05) is 44.2 Å². The van der Waals surface area contributed by atoms with Crippen LogP contribution >= 0.6 is 0 Å². The normalized spacial score (nSPS) is 12.2. The Hall–Kier alpha value is -3.07. The Morgan fingerprint density at radius 3 is 2.19 bits per heavy atom. The number of amides is 2. The Morgan fingerprint density at radius 2 is 1.64 bits per heavy atom. The number of carbonyl (C=O) groups is 2. The SMILES string of the molecule is CCOc1ccc(N(CCCC(=O)N(Cc2ccccc2)[C@H](C)C(=O)NCC(C)C)S(C)(=O)=O)cc1. The van der Waals surface area contributed by atoms with Crippen LogP contribution in [-0.2, 0) is 26.2 Å². The molecule has 0 aliphatic carbocycles. The summed E-state index contributed by atoms with van der Waals surface area (Å²) >= 11 is 0. The van der Waals surface area contributed by atoms with Gasteiger partial charge < -0.3 is 15.0 Å². The molecule has 0 unspecified atom stereocenters. The van der Waals surface area contributed by atoms with Gasteiger partial charge in [0.15, 0.2) is 0 Å². The molecule has 0 aliphatic heterocycles. The molecule has 36 heavy (non-hydrogen) atoms. The Balaban J connectivity index is 2.12. The summed E-state index contributed by atoms with van der Waals surface area (Å²) in [5, 5.41) is 2.90. The van der Waals surface area contributed by atoms with E-state index in [0.717, 1.165) is 11.8 Å². The third-order valence-electron chi connectivity index (χ3n) is 5.64. The minimum Gasteiger partial charge on any atom is -0.494 e. The number of nitrogens with zero attached hydrogens (tertiary/aromatic N) is 2. The maximum atomic E-state index is 13.3. The molecule has 0 aromatic heterocycles. The van der Waals surface area contributed by atoms with Gasteiger partial charge >= 0.3 is 0 Å². The van der Waals surface area contributed by atoms with Crippen LogP contribution in [0.5, 0.6) is 5.75 Å². The number of sulfonamides is 1. The molecule has 2 rings (SSSR count). The summed E-state index contributed by atoms with van der Waals surface area (Å²) in [5.74, 6) is 0.543. The topological polar surface area (TPSA) is 96.0 Å². The first kappa shape index (κ1) is 29.2. The van der Waals surface area contributed by atoms with Gasteiger partial charge in [0, 0.05) is 26.1 Å². The number of hydrogen-bond acceptors (Lipinski definition) is 5. The van der Waals surface area contributed by atoms with E-state index >= 15 is 0 Å². The van der Waals surface area contributed by atoms with Crippen molar-refractivity contribution in [2.75, 3.05) is 30.3 Å². The molecule has 0 fully saturated rings. The highest BCUT2D eigenvalue weighted by Crippen LogP contribution is 2.22. The number of carbonyl (C=O) groups excluding carboxylic acids is 2. The van der Waals surface area contributed by atoms with E-state index in [9.17, 15) is 18.0 Å². The van der Waals surface area contributed by atoms with Crippen molar-refractivity contribution >= 4 is 27.5 Å². The van der Waals surface area contributed by atoms with Crippen molar-refractivity contribution in [3.8, 4) is 5.75 Å². The largest absolute Gasteiger partial charge is 0.494 e. The van der Waals surface area contributed by atoms with Gasteiger partial charge in [0.2, 0.25) is 21.8 Å². The van der Waals surface area contributed by atoms with Crippen LogP contribution in [0.4, 0.5) is 5.69 Å². The standard InChI is InChI=1S/C27H39N3O5S/c1-6-35-25-16-14-24(15-17-25)30(36(5,33)34)18-10-13-26(31)29(20-23-11-8-7-9-12-23)22(4)27(32)28-19-21(2)3/h7-9,11-12,14-17,21-22H,6,10,13,18-20H2,1-5H3,(H,28,32)/t22-/m1/s1. The van der Waals surface area contributed by atoms with Gasteiger partial charge in [-0.3, -0.25) is 13.9 Å². The summed E-state index contributed by atoms with van der Waals surface area (Å²) in [6.07, 6.45) is 1.57. The summed E-state index contributed by atoms with van der Waals surface area (Å²) in [7, 11) is -3.55. The second-order valence-corrected chi connectivity index (χ2v) is 11.1. The Kier molecular flexibility index (Phi) is 11.2. The van der Waals surface area contributed by atoms with Gasteiger partial charge in [-0.2, -0.15) is 0 Å². The zero-order valence-corrected chi connectivity index (χ0v) is 22.8. The predicted molar refractivity (Wildman–Crippen MR) is 143 cm³/mol. The lowest BCUT2D eigenvalue weighted by molar-refractivity contribution is -0.140. The number of ether oxygens (including phenoxy) is 1. The summed E-state index contributed by atoms with van der Waals surface area (Å²) < 4.78 is 31.7.